The van der Waals surface area contributed by atoms with Gasteiger partial charge in [-0.05, 0) is 107 Å². The Kier molecular flexibility index (Phi) is 9.15. The average molecular weight is 903 g/mol. The van der Waals surface area contributed by atoms with E-state index in [2.05, 4.69) is 12.1 Å². The maximum absolute atomic E-state index is 17.3. The van der Waals surface area contributed by atoms with E-state index in [1.165, 1.54) is 0 Å². The average Bonchev–Trinajstić information content (AvgIpc) is 3.92. The SMILES string of the molecule is CC1(C)C(F)(F)c2c(C#N)c(-n3c4ccc(-c5ccccc5)cc4c4cc(-c5ccccc5)ccc43)c(-n3c4ccc(-c5ccccc5)cc4c4cc(-c5ccccc5)ccc43)c(C#N)c2C1(F)F. The number of hydrogen-bond donors (Lipinski definition) is 0. The van der Waals surface area contributed by atoms with Gasteiger partial charge in [0.1, 0.15) is 17.6 Å². The van der Waals surface area contributed by atoms with Gasteiger partial charge >= 0.3 is 0 Å². The molecule has 0 atom stereocenters. The number of fused-ring (bicyclic) bond motifs is 7. The van der Waals surface area contributed by atoms with Crippen molar-refractivity contribution in [3.8, 4) is 68.0 Å². The lowest BCUT2D eigenvalue weighted by atomic mass is 9.83. The molecule has 330 valence electrons. The fraction of sp³-hybridized carbons (Fsp3) is 0.0820. The van der Waals surface area contributed by atoms with Crippen LogP contribution in [-0.2, 0) is 11.8 Å². The van der Waals surface area contributed by atoms with Crippen LogP contribution >= 0.6 is 0 Å². The summed E-state index contributed by atoms with van der Waals surface area (Å²) in [5.74, 6) is -8.49. The minimum atomic E-state index is -4.24. The molecular formula is C61H38F4N4. The predicted octanol–water partition coefficient (Wildman–Crippen LogP) is 16.5. The van der Waals surface area contributed by atoms with Crippen LogP contribution < -0.4 is 0 Å². The first kappa shape index (κ1) is 41.7. The Morgan fingerprint density at radius 2 is 0.594 bits per heavy atom. The monoisotopic (exact) mass is 902 g/mol. The van der Waals surface area contributed by atoms with Crippen LogP contribution in [0.5, 0.6) is 0 Å². The Balaban J connectivity index is 1.29. The zero-order chi connectivity index (χ0) is 47.4. The van der Waals surface area contributed by atoms with E-state index in [1.807, 2.05) is 194 Å². The van der Waals surface area contributed by atoms with Crippen LogP contribution in [-0.4, -0.2) is 9.13 Å². The van der Waals surface area contributed by atoms with Crippen LogP contribution in [0.3, 0.4) is 0 Å². The van der Waals surface area contributed by atoms with Crippen molar-refractivity contribution in [3.05, 3.63) is 216 Å². The van der Waals surface area contributed by atoms with E-state index in [9.17, 15) is 10.5 Å². The lowest BCUT2D eigenvalue weighted by Crippen LogP contribution is -2.39. The molecule has 1 aliphatic carbocycles. The number of nitrogens with zero attached hydrogens (tertiary/aromatic N) is 4. The largest absolute Gasteiger partial charge is 0.306 e. The molecule has 2 aromatic heterocycles. The molecule has 0 radical (unpaired) electrons. The Morgan fingerprint density at radius 3 is 0.826 bits per heavy atom. The minimum Gasteiger partial charge on any atom is -0.306 e. The Morgan fingerprint density at radius 1 is 0.348 bits per heavy atom. The zero-order valence-electron chi connectivity index (χ0n) is 37.3. The molecule has 0 aliphatic heterocycles. The third-order valence-corrected chi connectivity index (χ3v) is 14.3. The summed E-state index contributed by atoms with van der Waals surface area (Å²) in [4.78, 5) is 0. The molecule has 11 aromatic rings. The van der Waals surface area contributed by atoms with Gasteiger partial charge in [-0.2, -0.15) is 10.5 Å². The van der Waals surface area contributed by atoms with Crippen molar-refractivity contribution in [2.45, 2.75) is 25.7 Å². The summed E-state index contributed by atoms with van der Waals surface area (Å²) in [6.07, 6.45) is 0. The van der Waals surface area contributed by atoms with E-state index in [-0.39, 0.29) is 11.4 Å². The molecule has 0 saturated carbocycles. The molecule has 1 aliphatic rings. The quantitative estimate of drug-likeness (QED) is 0.156. The molecule has 0 bridgehead atoms. The fourth-order valence-electron chi connectivity index (χ4n) is 10.6. The smallest absolute Gasteiger partial charge is 0.286 e. The van der Waals surface area contributed by atoms with Gasteiger partial charge in [-0.3, -0.25) is 0 Å². The standard InChI is InChI=1S/C61H38F4N4/c1-59(2)60(62,63)55-49(35-66)57(68-51-27-23-41(37-15-7-3-8-16-37)31-45(51)46-32-42(24-28-52(46)68)38-17-9-4-10-18-38)58(50(36-67)56(55)61(59,64)65)69-53-29-25-43(39-19-11-5-12-20-39)33-47(53)48-34-44(26-30-54(48)69)40-21-13-6-14-22-40/h3-34H,1-2H3. The number of alkyl halides is 4. The van der Waals surface area contributed by atoms with Crippen molar-refractivity contribution < 1.29 is 17.6 Å². The van der Waals surface area contributed by atoms with Gasteiger partial charge < -0.3 is 9.13 Å². The highest BCUT2D eigenvalue weighted by Gasteiger charge is 2.73. The van der Waals surface area contributed by atoms with Gasteiger partial charge in [-0.25, -0.2) is 17.6 Å². The summed E-state index contributed by atoms with van der Waals surface area (Å²) in [6.45, 7) is 1.62. The lowest BCUT2D eigenvalue weighted by molar-refractivity contribution is -0.212. The highest BCUT2D eigenvalue weighted by atomic mass is 19.3. The topological polar surface area (TPSA) is 57.4 Å². The maximum atomic E-state index is 17.3. The first-order chi connectivity index (χ1) is 33.4. The van der Waals surface area contributed by atoms with E-state index in [1.54, 1.807) is 9.13 Å². The molecule has 0 spiro atoms. The number of hydrogen-bond acceptors (Lipinski definition) is 2. The number of rotatable bonds is 6. The summed E-state index contributed by atoms with van der Waals surface area (Å²) in [5.41, 5.74) is 2.71. The molecular weight excluding hydrogens is 865 g/mol. The molecule has 0 unspecified atom stereocenters. The van der Waals surface area contributed by atoms with E-state index in [0.29, 0.717) is 22.1 Å². The summed E-state index contributed by atoms with van der Waals surface area (Å²) in [5, 5.41) is 25.9. The van der Waals surface area contributed by atoms with Crippen LogP contribution in [0.2, 0.25) is 0 Å². The molecule has 69 heavy (non-hydrogen) atoms. The van der Waals surface area contributed by atoms with Crippen molar-refractivity contribution in [2.75, 3.05) is 0 Å². The second kappa shape index (κ2) is 15.2. The van der Waals surface area contributed by atoms with Crippen molar-refractivity contribution in [3.63, 3.8) is 0 Å². The molecule has 2 heterocycles. The van der Waals surface area contributed by atoms with Crippen LogP contribution in [0.25, 0.3) is 99.5 Å². The Bertz CT molecular complexity index is 3540. The van der Waals surface area contributed by atoms with Crippen molar-refractivity contribution in [1.29, 1.82) is 10.5 Å². The summed E-state index contributed by atoms with van der Waals surface area (Å²) < 4.78 is 72.8. The van der Waals surface area contributed by atoms with Gasteiger partial charge in [0, 0.05) is 21.5 Å². The first-order valence-electron chi connectivity index (χ1n) is 22.6. The van der Waals surface area contributed by atoms with Crippen molar-refractivity contribution in [1.82, 2.24) is 9.13 Å². The van der Waals surface area contributed by atoms with Crippen molar-refractivity contribution >= 4 is 43.6 Å². The summed E-state index contributed by atoms with van der Waals surface area (Å²) in [6, 6.07) is 66.8. The molecule has 0 saturated heterocycles. The lowest BCUT2D eigenvalue weighted by Gasteiger charge is -2.32. The zero-order valence-corrected chi connectivity index (χ0v) is 37.3. The van der Waals surface area contributed by atoms with E-state index < -0.39 is 39.5 Å². The fourth-order valence-corrected chi connectivity index (χ4v) is 10.6. The van der Waals surface area contributed by atoms with E-state index >= 15 is 17.6 Å². The normalized spacial score (nSPS) is 14.6. The number of halogens is 4. The third kappa shape index (κ3) is 5.92. The molecule has 8 heteroatoms. The second-order valence-electron chi connectivity index (χ2n) is 18.3. The number of aromatic nitrogens is 2. The van der Waals surface area contributed by atoms with Gasteiger partial charge in [-0.15, -0.1) is 0 Å². The van der Waals surface area contributed by atoms with Gasteiger partial charge in [0.25, 0.3) is 11.8 Å². The first-order valence-corrected chi connectivity index (χ1v) is 22.6. The van der Waals surface area contributed by atoms with Crippen LogP contribution in [0.1, 0.15) is 36.1 Å². The molecule has 0 amide bonds. The summed E-state index contributed by atoms with van der Waals surface area (Å²) in [7, 11) is 0. The van der Waals surface area contributed by atoms with Gasteiger partial charge in [0.15, 0.2) is 0 Å². The minimum absolute atomic E-state index is 0.0982. The van der Waals surface area contributed by atoms with Crippen LogP contribution in [0.15, 0.2) is 194 Å². The highest BCUT2D eigenvalue weighted by Crippen LogP contribution is 2.68. The van der Waals surface area contributed by atoms with Crippen LogP contribution in [0.4, 0.5) is 17.6 Å². The van der Waals surface area contributed by atoms with Crippen LogP contribution in [0, 0.1) is 28.1 Å². The summed E-state index contributed by atoms with van der Waals surface area (Å²) >= 11 is 0. The molecule has 0 fully saturated rings. The second-order valence-corrected chi connectivity index (χ2v) is 18.3. The molecule has 9 aromatic carbocycles. The Labute approximate surface area is 394 Å². The van der Waals surface area contributed by atoms with E-state index in [0.717, 1.165) is 79.9 Å². The van der Waals surface area contributed by atoms with Gasteiger partial charge in [0.2, 0.25) is 0 Å². The predicted molar refractivity (Wildman–Crippen MR) is 268 cm³/mol. The number of benzene rings is 9. The van der Waals surface area contributed by atoms with E-state index in [4.69, 9.17) is 0 Å². The molecule has 4 nitrogen and oxygen atoms in total. The maximum Gasteiger partial charge on any atom is 0.286 e. The van der Waals surface area contributed by atoms with Crippen molar-refractivity contribution in [2.24, 2.45) is 5.41 Å². The molecule has 0 N–H and O–H groups in total. The highest BCUT2D eigenvalue weighted by molar-refractivity contribution is 6.14. The Hall–Kier alpha value is -8.72. The molecule has 12 rings (SSSR count). The number of nitriles is 2. The van der Waals surface area contributed by atoms with Gasteiger partial charge in [0.05, 0.1) is 55.7 Å². The third-order valence-electron chi connectivity index (χ3n) is 14.3. The van der Waals surface area contributed by atoms with Gasteiger partial charge in [-0.1, -0.05) is 146 Å².